The van der Waals surface area contributed by atoms with Gasteiger partial charge in [0, 0.05) is 31.9 Å². The maximum Gasteiger partial charge on any atom is 0.490 e. The van der Waals surface area contributed by atoms with E-state index >= 15 is 0 Å². The van der Waals surface area contributed by atoms with Crippen LogP contribution in [0, 0.1) is 0 Å². The highest BCUT2D eigenvalue weighted by Crippen LogP contribution is 2.27. The summed E-state index contributed by atoms with van der Waals surface area (Å²) in [5.74, 6) is -3.93. The summed E-state index contributed by atoms with van der Waals surface area (Å²) in [4.78, 5) is 25.3. The Morgan fingerprint density at radius 1 is 0.972 bits per heavy atom. The maximum absolute atomic E-state index is 12.7. The second-order valence-electron chi connectivity index (χ2n) is 7.86. The molecule has 0 unspecified atom stereocenters. The van der Waals surface area contributed by atoms with E-state index in [9.17, 15) is 31.5 Å². The smallest absolute Gasteiger partial charge is 0.478 e. The number of benzene rings is 2. The first-order valence-electron chi connectivity index (χ1n) is 11.0. The highest BCUT2D eigenvalue weighted by Gasteiger charge is 2.38. The molecule has 1 fully saturated rings. The van der Waals surface area contributed by atoms with Crippen molar-refractivity contribution >= 4 is 33.3 Å². The summed E-state index contributed by atoms with van der Waals surface area (Å²) >= 11 is 0. The molecule has 1 saturated heterocycles. The number of likely N-dealkylation sites (N-methyl/N-ethyl adjacent to an activating group) is 1. The standard InChI is InChI=1S/C21H27N3O4S.C2HF3O2/c1-3-16-5-8-18(9-6-16)29(27,28)22-20-10-7-17(15-19(20)21(25)26)24-13-11-23(4-2)12-14-24;3-2(4,5)1(6)7/h5-10,15,22H,3-4,11-14H2,1-2H3,(H,25,26);(H,6,7). The van der Waals surface area contributed by atoms with Gasteiger partial charge in [-0.05, 0) is 48.9 Å². The predicted molar refractivity (Wildman–Crippen MR) is 128 cm³/mol. The Labute approximate surface area is 207 Å². The average molecular weight is 532 g/mol. The zero-order valence-corrected chi connectivity index (χ0v) is 20.6. The Morgan fingerprint density at radius 3 is 1.97 bits per heavy atom. The molecular formula is C23H28F3N3O6S. The van der Waals surface area contributed by atoms with Crippen molar-refractivity contribution in [3.8, 4) is 0 Å². The zero-order valence-electron chi connectivity index (χ0n) is 19.7. The molecule has 0 atom stereocenters. The first-order valence-corrected chi connectivity index (χ1v) is 12.5. The fourth-order valence-corrected chi connectivity index (χ4v) is 4.50. The van der Waals surface area contributed by atoms with Crippen molar-refractivity contribution in [2.45, 2.75) is 31.3 Å². The van der Waals surface area contributed by atoms with Crippen molar-refractivity contribution in [2.75, 3.05) is 42.3 Å². The van der Waals surface area contributed by atoms with Gasteiger partial charge >= 0.3 is 18.1 Å². The van der Waals surface area contributed by atoms with E-state index in [1.165, 1.54) is 18.2 Å². The molecule has 0 radical (unpaired) electrons. The van der Waals surface area contributed by atoms with Crippen LogP contribution in [0.5, 0.6) is 0 Å². The second kappa shape index (κ2) is 12.1. The van der Waals surface area contributed by atoms with Crippen LogP contribution in [-0.4, -0.2) is 74.4 Å². The number of halogens is 3. The van der Waals surface area contributed by atoms with Crippen molar-refractivity contribution in [3.05, 3.63) is 53.6 Å². The topological polar surface area (TPSA) is 127 Å². The van der Waals surface area contributed by atoms with E-state index in [-0.39, 0.29) is 16.1 Å². The minimum absolute atomic E-state index is 0.0609. The third kappa shape index (κ3) is 7.85. The molecule has 1 heterocycles. The van der Waals surface area contributed by atoms with E-state index < -0.39 is 28.1 Å². The van der Waals surface area contributed by atoms with Crippen LogP contribution in [0.4, 0.5) is 24.5 Å². The number of rotatable bonds is 7. The number of carbonyl (C=O) groups is 2. The van der Waals surface area contributed by atoms with Gasteiger partial charge in [-0.1, -0.05) is 26.0 Å². The lowest BCUT2D eigenvalue weighted by Crippen LogP contribution is -2.46. The van der Waals surface area contributed by atoms with Crippen molar-refractivity contribution < 1.29 is 41.4 Å². The molecule has 0 aliphatic carbocycles. The van der Waals surface area contributed by atoms with E-state index in [0.29, 0.717) is 0 Å². The van der Waals surface area contributed by atoms with Gasteiger partial charge in [0.25, 0.3) is 10.0 Å². The number of anilines is 2. The highest BCUT2D eigenvalue weighted by molar-refractivity contribution is 7.92. The van der Waals surface area contributed by atoms with Crippen LogP contribution in [0.1, 0.15) is 29.8 Å². The number of sulfonamides is 1. The molecule has 1 aliphatic rings. The second-order valence-corrected chi connectivity index (χ2v) is 9.54. The van der Waals surface area contributed by atoms with Crippen LogP contribution in [0.15, 0.2) is 47.4 Å². The molecule has 2 aromatic carbocycles. The Morgan fingerprint density at radius 2 is 1.53 bits per heavy atom. The molecular weight excluding hydrogens is 503 g/mol. The Balaban J connectivity index is 0.000000572. The molecule has 9 nitrogen and oxygen atoms in total. The van der Waals surface area contributed by atoms with Crippen molar-refractivity contribution in [3.63, 3.8) is 0 Å². The first-order chi connectivity index (χ1) is 16.8. The van der Waals surface area contributed by atoms with Crippen molar-refractivity contribution in [1.82, 2.24) is 4.90 Å². The summed E-state index contributed by atoms with van der Waals surface area (Å²) in [5.41, 5.74) is 1.82. The van der Waals surface area contributed by atoms with E-state index in [0.717, 1.165) is 50.4 Å². The molecule has 0 bridgehead atoms. The van der Waals surface area contributed by atoms with Gasteiger partial charge < -0.3 is 20.0 Å². The monoisotopic (exact) mass is 531 g/mol. The Hall–Kier alpha value is -3.32. The molecule has 0 spiro atoms. The summed E-state index contributed by atoms with van der Waals surface area (Å²) in [7, 11) is -3.88. The van der Waals surface area contributed by atoms with Gasteiger partial charge in [-0.2, -0.15) is 13.2 Å². The molecule has 3 rings (SSSR count). The van der Waals surface area contributed by atoms with Gasteiger partial charge in [0.2, 0.25) is 0 Å². The minimum atomic E-state index is -5.08. The SMILES string of the molecule is CCc1ccc(S(=O)(=O)Nc2ccc(N3CCN(CC)CC3)cc2C(=O)O)cc1.O=C(O)C(F)(F)F. The Bertz CT molecular complexity index is 1160. The summed E-state index contributed by atoms with van der Waals surface area (Å²) < 4.78 is 59.6. The maximum atomic E-state index is 12.7. The predicted octanol–water partition coefficient (Wildman–Crippen LogP) is 3.52. The normalized spacial score (nSPS) is 14.5. The number of carboxylic acid groups (broad SMARTS) is 2. The number of aromatic carboxylic acids is 1. The summed E-state index contributed by atoms with van der Waals surface area (Å²) in [6.45, 7) is 8.55. The van der Waals surface area contributed by atoms with E-state index in [1.54, 1.807) is 24.3 Å². The number of nitrogens with one attached hydrogen (secondary N) is 1. The quantitative estimate of drug-likeness (QED) is 0.495. The van der Waals surface area contributed by atoms with Crippen LogP contribution in [0.2, 0.25) is 0 Å². The summed E-state index contributed by atoms with van der Waals surface area (Å²) in [5, 5.41) is 16.8. The van der Waals surface area contributed by atoms with Gasteiger partial charge in [0.1, 0.15) is 0 Å². The molecule has 13 heteroatoms. The molecule has 0 saturated carbocycles. The van der Waals surface area contributed by atoms with Gasteiger partial charge in [-0.3, -0.25) is 4.72 Å². The van der Waals surface area contributed by atoms with Crippen LogP contribution >= 0.6 is 0 Å². The first kappa shape index (κ1) is 28.9. The number of piperazine rings is 1. The fraction of sp³-hybridized carbons (Fsp3) is 0.391. The molecule has 198 valence electrons. The molecule has 0 aromatic heterocycles. The number of aliphatic carboxylic acids is 1. The van der Waals surface area contributed by atoms with Crippen LogP contribution in [0.25, 0.3) is 0 Å². The lowest BCUT2D eigenvalue weighted by molar-refractivity contribution is -0.192. The number of hydrogen-bond acceptors (Lipinski definition) is 6. The number of nitrogens with zero attached hydrogens (tertiary/aromatic N) is 2. The summed E-state index contributed by atoms with van der Waals surface area (Å²) in [6.07, 6.45) is -4.27. The van der Waals surface area contributed by atoms with Crippen LogP contribution < -0.4 is 9.62 Å². The van der Waals surface area contributed by atoms with Crippen molar-refractivity contribution in [1.29, 1.82) is 0 Å². The summed E-state index contributed by atoms with van der Waals surface area (Å²) in [6, 6.07) is 11.4. The molecule has 1 aliphatic heterocycles. The van der Waals surface area contributed by atoms with Gasteiger partial charge in [-0.25, -0.2) is 18.0 Å². The van der Waals surface area contributed by atoms with Gasteiger partial charge in [0.15, 0.2) is 0 Å². The third-order valence-electron chi connectivity index (χ3n) is 5.55. The molecule has 0 amide bonds. The van der Waals surface area contributed by atoms with Crippen molar-refractivity contribution in [2.24, 2.45) is 0 Å². The largest absolute Gasteiger partial charge is 0.490 e. The average Bonchev–Trinajstić information content (AvgIpc) is 2.84. The van der Waals surface area contributed by atoms with E-state index in [4.69, 9.17) is 9.90 Å². The third-order valence-corrected chi connectivity index (χ3v) is 6.93. The molecule has 36 heavy (non-hydrogen) atoms. The lowest BCUT2D eigenvalue weighted by Gasteiger charge is -2.35. The minimum Gasteiger partial charge on any atom is -0.478 e. The van der Waals surface area contributed by atoms with Gasteiger partial charge in [0.05, 0.1) is 16.1 Å². The Kier molecular flexibility index (Phi) is 9.70. The van der Waals surface area contributed by atoms with E-state index in [2.05, 4.69) is 21.4 Å². The fourth-order valence-electron chi connectivity index (χ4n) is 3.43. The zero-order chi connectivity index (χ0) is 27.1. The number of alkyl halides is 3. The lowest BCUT2D eigenvalue weighted by atomic mass is 10.1. The highest BCUT2D eigenvalue weighted by atomic mass is 32.2. The van der Waals surface area contributed by atoms with Crippen LogP contribution in [-0.2, 0) is 21.2 Å². The van der Waals surface area contributed by atoms with Crippen LogP contribution in [0.3, 0.4) is 0 Å². The van der Waals surface area contributed by atoms with Gasteiger partial charge in [-0.15, -0.1) is 0 Å². The number of carboxylic acids is 2. The molecule has 3 N–H and O–H groups in total. The van der Waals surface area contributed by atoms with E-state index in [1.807, 2.05) is 6.92 Å². The number of hydrogen-bond donors (Lipinski definition) is 3. The number of aryl methyl sites for hydroxylation is 1. The molecule has 2 aromatic rings.